The van der Waals surface area contributed by atoms with E-state index in [0.29, 0.717) is 11.6 Å². The quantitative estimate of drug-likeness (QED) is 0.352. The van der Waals surface area contributed by atoms with Crippen LogP contribution in [-0.2, 0) is 9.53 Å². The van der Waals surface area contributed by atoms with E-state index in [1.165, 1.54) is 11.8 Å². The predicted octanol–water partition coefficient (Wildman–Crippen LogP) is 3.90. The first-order chi connectivity index (χ1) is 16.4. The summed E-state index contributed by atoms with van der Waals surface area (Å²) in [4.78, 5) is 34.9. The van der Waals surface area contributed by atoms with Gasteiger partial charge >= 0.3 is 0 Å². The van der Waals surface area contributed by atoms with E-state index in [4.69, 9.17) is 9.47 Å². The lowest BCUT2D eigenvalue weighted by Crippen LogP contribution is -2.48. The Morgan fingerprint density at radius 1 is 1.21 bits per heavy atom. The summed E-state index contributed by atoms with van der Waals surface area (Å²) in [6, 6.07) is 9.43. The number of morpholine rings is 1. The molecule has 3 aromatic rings. The zero-order valence-corrected chi connectivity index (χ0v) is 19.3. The number of halogens is 2. The number of aromatic nitrogens is 2. The third-order valence-corrected chi connectivity index (χ3v) is 6.20. The van der Waals surface area contributed by atoms with Crippen LogP contribution in [0.1, 0.15) is 23.7 Å². The first kappa shape index (κ1) is 24.0. The maximum atomic E-state index is 14.3. The number of nitrogens with zero attached hydrogens (tertiary/aromatic N) is 3. The number of carbonyl (C=O) groups is 2. The highest BCUT2D eigenvalue weighted by Crippen LogP contribution is 2.25. The Bertz CT molecular complexity index is 1190. The number of benzene rings is 2. The number of thioether (sulfide) groups is 1. The number of carbonyl (C=O) groups excluding carboxylic acids is 2. The van der Waals surface area contributed by atoms with Crippen LogP contribution in [0, 0.1) is 11.6 Å². The number of para-hydroxylation sites is 2. The molecule has 0 saturated carbocycles. The van der Waals surface area contributed by atoms with Crippen molar-refractivity contribution in [2.75, 3.05) is 32.1 Å². The molecular formula is C24H23F2N3O4S. The van der Waals surface area contributed by atoms with Gasteiger partial charge in [0, 0.05) is 18.5 Å². The number of Topliss-reactive ketones (excluding diaryl/α,β-unsaturated/α-hetero) is 1. The molecule has 1 unspecified atom stereocenters. The molecule has 1 saturated heterocycles. The molecule has 1 aromatic heterocycles. The Kier molecular flexibility index (Phi) is 7.69. The van der Waals surface area contributed by atoms with Crippen molar-refractivity contribution < 1.29 is 27.8 Å². The molecule has 10 heteroatoms. The van der Waals surface area contributed by atoms with Gasteiger partial charge in [-0.25, -0.2) is 13.8 Å². The van der Waals surface area contributed by atoms with Gasteiger partial charge < -0.3 is 14.4 Å². The second kappa shape index (κ2) is 10.9. The number of rotatable bonds is 8. The molecule has 0 N–H and O–H groups in total. The molecule has 1 amide bonds. The predicted molar refractivity (Wildman–Crippen MR) is 123 cm³/mol. The standard InChI is InChI=1S/C24H23F2N3O4S/c1-2-21(30)15-9-17(25)24(18(26)10-15)33-13-16-12-29(7-8-32-16)23(31)14-34-22-11-27-19-5-3-4-6-20(19)28-22/h3-6,9-11,16H,2,7-8,12-14H2,1H3. The zero-order valence-electron chi connectivity index (χ0n) is 18.5. The lowest BCUT2D eigenvalue weighted by molar-refractivity contribution is -0.137. The van der Waals surface area contributed by atoms with Crippen molar-refractivity contribution in [2.24, 2.45) is 0 Å². The van der Waals surface area contributed by atoms with Crippen molar-refractivity contribution in [3.63, 3.8) is 0 Å². The van der Waals surface area contributed by atoms with Crippen LogP contribution in [0.5, 0.6) is 5.75 Å². The molecule has 1 aliphatic rings. The van der Waals surface area contributed by atoms with E-state index in [0.717, 1.165) is 23.2 Å². The molecule has 178 valence electrons. The van der Waals surface area contributed by atoms with Crippen LogP contribution in [0.4, 0.5) is 8.78 Å². The summed E-state index contributed by atoms with van der Waals surface area (Å²) in [7, 11) is 0. The van der Waals surface area contributed by atoms with E-state index in [-0.39, 0.29) is 49.2 Å². The lowest BCUT2D eigenvalue weighted by Gasteiger charge is -2.32. The number of amides is 1. The summed E-state index contributed by atoms with van der Waals surface area (Å²) in [6.07, 6.45) is 1.24. The SMILES string of the molecule is CCC(=O)c1cc(F)c(OCC2CN(C(=O)CSc3cnc4ccccc4n3)CCO2)c(F)c1. The Morgan fingerprint density at radius 2 is 1.94 bits per heavy atom. The monoisotopic (exact) mass is 487 g/mol. The fourth-order valence-corrected chi connectivity index (χ4v) is 4.27. The molecule has 1 atom stereocenters. The van der Waals surface area contributed by atoms with Gasteiger partial charge in [-0.05, 0) is 24.3 Å². The summed E-state index contributed by atoms with van der Waals surface area (Å²) in [5.74, 6) is -2.75. The van der Waals surface area contributed by atoms with Crippen molar-refractivity contribution in [3.05, 3.63) is 59.8 Å². The van der Waals surface area contributed by atoms with Crippen LogP contribution < -0.4 is 4.74 Å². The number of ketones is 1. The van der Waals surface area contributed by atoms with Crippen molar-refractivity contribution >= 4 is 34.5 Å². The zero-order chi connectivity index (χ0) is 24.1. The van der Waals surface area contributed by atoms with Crippen LogP contribution >= 0.6 is 11.8 Å². The normalized spacial score (nSPS) is 16.0. The molecule has 0 spiro atoms. The second-order valence-corrected chi connectivity index (χ2v) is 8.67. The molecular weight excluding hydrogens is 464 g/mol. The molecule has 0 bridgehead atoms. The maximum Gasteiger partial charge on any atom is 0.233 e. The Hall–Kier alpha value is -3.11. The van der Waals surface area contributed by atoms with Crippen molar-refractivity contribution in [1.29, 1.82) is 0 Å². The molecule has 7 nitrogen and oxygen atoms in total. The smallest absolute Gasteiger partial charge is 0.233 e. The molecule has 0 radical (unpaired) electrons. The minimum absolute atomic E-state index is 0.0378. The van der Waals surface area contributed by atoms with Gasteiger partial charge in [-0.2, -0.15) is 0 Å². The van der Waals surface area contributed by atoms with Gasteiger partial charge in [0.25, 0.3) is 0 Å². The average Bonchev–Trinajstić information content (AvgIpc) is 2.86. The van der Waals surface area contributed by atoms with Gasteiger partial charge in [0.05, 0.1) is 36.1 Å². The lowest BCUT2D eigenvalue weighted by atomic mass is 10.1. The van der Waals surface area contributed by atoms with E-state index in [9.17, 15) is 18.4 Å². The molecule has 0 aliphatic carbocycles. The average molecular weight is 488 g/mol. The maximum absolute atomic E-state index is 14.3. The Labute approximate surface area is 199 Å². The molecule has 1 fully saturated rings. The van der Waals surface area contributed by atoms with Gasteiger partial charge in [-0.3, -0.25) is 14.6 Å². The van der Waals surface area contributed by atoms with E-state index in [1.54, 1.807) is 18.0 Å². The Morgan fingerprint density at radius 3 is 2.68 bits per heavy atom. The van der Waals surface area contributed by atoms with Gasteiger partial charge in [-0.15, -0.1) is 0 Å². The molecule has 34 heavy (non-hydrogen) atoms. The second-order valence-electron chi connectivity index (χ2n) is 7.67. The van der Waals surface area contributed by atoms with Crippen molar-refractivity contribution in [1.82, 2.24) is 14.9 Å². The molecule has 2 aromatic carbocycles. The van der Waals surface area contributed by atoms with E-state index in [2.05, 4.69) is 9.97 Å². The summed E-state index contributed by atoms with van der Waals surface area (Å²) >= 11 is 1.29. The molecule has 2 heterocycles. The highest BCUT2D eigenvalue weighted by atomic mass is 32.2. The first-order valence-electron chi connectivity index (χ1n) is 10.8. The van der Waals surface area contributed by atoms with Gasteiger partial charge in [-0.1, -0.05) is 30.8 Å². The Balaban J connectivity index is 1.31. The van der Waals surface area contributed by atoms with Gasteiger partial charge in [0.2, 0.25) is 5.91 Å². The fraction of sp³-hybridized carbons (Fsp3) is 0.333. The number of hydrogen-bond donors (Lipinski definition) is 0. The van der Waals surface area contributed by atoms with Crippen LogP contribution in [0.15, 0.2) is 47.6 Å². The summed E-state index contributed by atoms with van der Waals surface area (Å²) in [5, 5.41) is 0.649. The minimum atomic E-state index is -0.951. The topological polar surface area (TPSA) is 81.6 Å². The third-order valence-electron chi connectivity index (χ3n) is 5.32. The van der Waals surface area contributed by atoms with Crippen LogP contribution in [0.3, 0.4) is 0 Å². The fourth-order valence-electron chi connectivity index (χ4n) is 3.52. The van der Waals surface area contributed by atoms with Crippen LogP contribution in [-0.4, -0.2) is 64.7 Å². The highest BCUT2D eigenvalue weighted by molar-refractivity contribution is 7.99. The summed E-state index contributed by atoms with van der Waals surface area (Å²) in [6.45, 7) is 2.41. The van der Waals surface area contributed by atoms with E-state index in [1.807, 2.05) is 24.3 Å². The van der Waals surface area contributed by atoms with Gasteiger partial charge in [0.1, 0.15) is 17.7 Å². The van der Waals surface area contributed by atoms with E-state index >= 15 is 0 Å². The summed E-state index contributed by atoms with van der Waals surface area (Å²) < 4.78 is 39.5. The number of fused-ring (bicyclic) bond motifs is 1. The van der Waals surface area contributed by atoms with Crippen LogP contribution in [0.25, 0.3) is 11.0 Å². The summed E-state index contributed by atoms with van der Waals surface area (Å²) in [5.41, 5.74) is 1.51. The number of ether oxygens (including phenoxy) is 2. The van der Waals surface area contributed by atoms with Crippen LogP contribution in [0.2, 0.25) is 0 Å². The minimum Gasteiger partial charge on any atom is -0.485 e. The van der Waals surface area contributed by atoms with Crippen molar-refractivity contribution in [3.8, 4) is 5.75 Å². The van der Waals surface area contributed by atoms with Crippen molar-refractivity contribution in [2.45, 2.75) is 24.5 Å². The number of hydrogen-bond acceptors (Lipinski definition) is 7. The molecule has 4 rings (SSSR count). The third kappa shape index (κ3) is 5.68. The largest absolute Gasteiger partial charge is 0.485 e. The first-order valence-corrected chi connectivity index (χ1v) is 11.8. The van der Waals surface area contributed by atoms with E-state index < -0.39 is 23.5 Å². The molecule has 1 aliphatic heterocycles. The highest BCUT2D eigenvalue weighted by Gasteiger charge is 2.26. The van der Waals surface area contributed by atoms with Gasteiger partial charge in [0.15, 0.2) is 23.2 Å².